The number of hydrogen-bond acceptors (Lipinski definition) is 6. The van der Waals surface area contributed by atoms with Gasteiger partial charge < -0.3 is 14.0 Å². The number of hydrogen-bond donors (Lipinski definition) is 0. The number of aromatic nitrogens is 2. The van der Waals surface area contributed by atoms with Crippen LogP contribution in [0, 0.1) is 5.92 Å². The first-order valence-corrected chi connectivity index (χ1v) is 8.40. The van der Waals surface area contributed by atoms with Gasteiger partial charge in [-0.05, 0) is 30.2 Å². The fraction of sp³-hybridized carbons (Fsp3) is 0.438. The summed E-state index contributed by atoms with van der Waals surface area (Å²) in [6.45, 7) is 4.25. The van der Waals surface area contributed by atoms with E-state index in [0.717, 1.165) is 10.2 Å². The van der Waals surface area contributed by atoms with E-state index in [-0.39, 0.29) is 24.7 Å². The molecule has 0 spiro atoms. The second kappa shape index (κ2) is 6.80. The Balaban J connectivity index is 1.79. The summed E-state index contributed by atoms with van der Waals surface area (Å²) >= 11 is 3.40. The lowest BCUT2D eigenvalue weighted by Gasteiger charge is -2.19. The summed E-state index contributed by atoms with van der Waals surface area (Å²) in [6, 6.07) is 7.20. The van der Waals surface area contributed by atoms with Gasteiger partial charge in [-0.2, -0.15) is 4.98 Å². The summed E-state index contributed by atoms with van der Waals surface area (Å²) in [6.07, 6.45) is -0.752. The molecule has 24 heavy (non-hydrogen) atoms. The lowest BCUT2D eigenvalue weighted by molar-refractivity contribution is 0.140. The number of benzene rings is 1. The van der Waals surface area contributed by atoms with Gasteiger partial charge in [-0.1, -0.05) is 34.9 Å². The van der Waals surface area contributed by atoms with Gasteiger partial charge in [0.1, 0.15) is 18.4 Å². The molecule has 0 saturated carbocycles. The molecule has 2 heterocycles. The standard InChI is InChI=1S/C16H18BrN3O4/c1-9(2)13(23-11-6-4-10(17)5-7-11)14-18-15(24-19-14)12-8-22-16(21)20(12)3/h4-7,9,12-13H,8H2,1-3H3. The maximum atomic E-state index is 11.5. The van der Waals surface area contributed by atoms with Crippen molar-refractivity contribution in [2.24, 2.45) is 5.92 Å². The van der Waals surface area contributed by atoms with Crippen molar-refractivity contribution >= 4 is 22.0 Å². The summed E-state index contributed by atoms with van der Waals surface area (Å²) in [5.74, 6) is 1.66. The molecule has 1 saturated heterocycles. The minimum Gasteiger partial charge on any atom is -0.482 e. The van der Waals surface area contributed by atoms with E-state index in [0.29, 0.717) is 11.7 Å². The molecule has 1 fully saturated rings. The molecule has 1 amide bonds. The lowest BCUT2D eigenvalue weighted by atomic mass is 10.1. The molecular weight excluding hydrogens is 378 g/mol. The minimum absolute atomic E-state index is 0.137. The number of cyclic esters (lactones) is 1. The summed E-state index contributed by atoms with van der Waals surface area (Å²) in [5, 5.41) is 4.04. The van der Waals surface area contributed by atoms with Crippen molar-refractivity contribution in [2.75, 3.05) is 13.7 Å². The third-order valence-electron chi connectivity index (χ3n) is 3.80. The number of rotatable bonds is 5. The Labute approximate surface area is 148 Å². The van der Waals surface area contributed by atoms with Gasteiger partial charge in [-0.3, -0.25) is 4.90 Å². The van der Waals surface area contributed by atoms with Crippen LogP contribution in [-0.4, -0.2) is 34.8 Å². The lowest BCUT2D eigenvalue weighted by Crippen LogP contribution is -2.23. The van der Waals surface area contributed by atoms with Gasteiger partial charge in [-0.25, -0.2) is 4.79 Å². The largest absolute Gasteiger partial charge is 0.482 e. The van der Waals surface area contributed by atoms with Crippen molar-refractivity contribution < 1.29 is 18.8 Å². The average Bonchev–Trinajstić information content (AvgIpc) is 3.14. The Hall–Kier alpha value is -2.09. The number of carbonyl (C=O) groups is 1. The van der Waals surface area contributed by atoms with Crippen LogP contribution in [0.3, 0.4) is 0 Å². The van der Waals surface area contributed by atoms with Gasteiger partial charge in [0.15, 0.2) is 6.10 Å². The van der Waals surface area contributed by atoms with Crippen LogP contribution >= 0.6 is 15.9 Å². The van der Waals surface area contributed by atoms with E-state index in [9.17, 15) is 4.79 Å². The molecule has 1 aliphatic rings. The zero-order valence-electron chi connectivity index (χ0n) is 13.6. The molecule has 1 aromatic carbocycles. The predicted octanol–water partition coefficient (Wildman–Crippen LogP) is 3.73. The summed E-state index contributed by atoms with van der Waals surface area (Å²) < 4.78 is 17.3. The number of halogens is 1. The SMILES string of the molecule is CC(C)C(Oc1ccc(Br)cc1)c1noc(C2COC(=O)N2C)n1. The number of carbonyl (C=O) groups excluding carboxylic acids is 1. The van der Waals surface area contributed by atoms with E-state index in [1.165, 1.54) is 4.90 Å². The molecule has 128 valence electrons. The van der Waals surface area contributed by atoms with Crippen LogP contribution in [0.25, 0.3) is 0 Å². The number of ether oxygens (including phenoxy) is 2. The van der Waals surface area contributed by atoms with Crippen molar-refractivity contribution in [3.05, 3.63) is 40.5 Å². The van der Waals surface area contributed by atoms with Gasteiger partial charge in [0.05, 0.1) is 0 Å². The highest BCUT2D eigenvalue weighted by molar-refractivity contribution is 9.10. The number of likely N-dealkylation sites (N-methyl/N-ethyl adjacent to an activating group) is 1. The van der Waals surface area contributed by atoms with Gasteiger partial charge in [-0.15, -0.1) is 0 Å². The first-order valence-electron chi connectivity index (χ1n) is 7.61. The number of amides is 1. The van der Waals surface area contributed by atoms with E-state index >= 15 is 0 Å². The van der Waals surface area contributed by atoms with E-state index in [1.54, 1.807) is 7.05 Å². The van der Waals surface area contributed by atoms with Gasteiger partial charge >= 0.3 is 6.09 Å². The van der Waals surface area contributed by atoms with E-state index in [1.807, 2.05) is 38.1 Å². The van der Waals surface area contributed by atoms with Gasteiger partial charge in [0.2, 0.25) is 5.82 Å². The third-order valence-corrected chi connectivity index (χ3v) is 4.33. The monoisotopic (exact) mass is 395 g/mol. The van der Waals surface area contributed by atoms with Gasteiger partial charge in [0.25, 0.3) is 5.89 Å². The Morgan fingerprint density at radius 2 is 2.04 bits per heavy atom. The first kappa shape index (κ1) is 16.8. The molecule has 1 aliphatic heterocycles. The van der Waals surface area contributed by atoms with Crippen molar-refractivity contribution in [3.8, 4) is 5.75 Å². The zero-order chi connectivity index (χ0) is 17.3. The zero-order valence-corrected chi connectivity index (χ0v) is 15.2. The third kappa shape index (κ3) is 3.38. The fourth-order valence-corrected chi connectivity index (χ4v) is 2.64. The average molecular weight is 396 g/mol. The van der Waals surface area contributed by atoms with E-state index in [4.69, 9.17) is 14.0 Å². The molecule has 2 aromatic rings. The molecule has 0 aliphatic carbocycles. The summed E-state index contributed by atoms with van der Waals surface area (Å²) in [7, 11) is 1.64. The maximum Gasteiger partial charge on any atom is 0.410 e. The molecule has 2 unspecified atom stereocenters. The van der Waals surface area contributed by atoms with Crippen LogP contribution < -0.4 is 4.74 Å². The highest BCUT2D eigenvalue weighted by Gasteiger charge is 2.36. The normalized spacial score (nSPS) is 18.8. The molecule has 3 rings (SSSR count). The van der Waals surface area contributed by atoms with E-state index < -0.39 is 6.09 Å². The van der Waals surface area contributed by atoms with Crippen molar-refractivity contribution in [2.45, 2.75) is 26.0 Å². The predicted molar refractivity (Wildman–Crippen MR) is 88.5 cm³/mol. The second-order valence-electron chi connectivity index (χ2n) is 5.93. The fourth-order valence-electron chi connectivity index (χ4n) is 2.37. The summed E-state index contributed by atoms with van der Waals surface area (Å²) in [4.78, 5) is 17.3. The molecule has 8 heteroatoms. The Morgan fingerprint density at radius 1 is 1.33 bits per heavy atom. The summed E-state index contributed by atoms with van der Waals surface area (Å²) in [5.41, 5.74) is 0. The van der Waals surface area contributed by atoms with E-state index in [2.05, 4.69) is 26.1 Å². The van der Waals surface area contributed by atoms with Crippen molar-refractivity contribution in [1.82, 2.24) is 15.0 Å². The van der Waals surface area contributed by atoms with Crippen LogP contribution in [0.2, 0.25) is 0 Å². The number of nitrogens with zero attached hydrogens (tertiary/aromatic N) is 3. The molecule has 7 nitrogen and oxygen atoms in total. The Morgan fingerprint density at radius 3 is 2.62 bits per heavy atom. The van der Waals surface area contributed by atoms with Crippen LogP contribution in [0.15, 0.2) is 33.3 Å². The van der Waals surface area contributed by atoms with Crippen LogP contribution in [0.5, 0.6) is 5.75 Å². The maximum absolute atomic E-state index is 11.5. The Kier molecular flexibility index (Phi) is 4.75. The second-order valence-corrected chi connectivity index (χ2v) is 6.85. The molecular formula is C16H18BrN3O4. The molecule has 0 bridgehead atoms. The minimum atomic E-state index is -0.397. The van der Waals surface area contributed by atoms with Crippen LogP contribution in [-0.2, 0) is 4.74 Å². The quantitative estimate of drug-likeness (QED) is 0.767. The molecule has 0 N–H and O–H groups in total. The Bertz CT molecular complexity index is 716. The highest BCUT2D eigenvalue weighted by Crippen LogP contribution is 2.30. The van der Waals surface area contributed by atoms with Crippen molar-refractivity contribution in [3.63, 3.8) is 0 Å². The van der Waals surface area contributed by atoms with Crippen LogP contribution in [0.1, 0.15) is 37.7 Å². The van der Waals surface area contributed by atoms with Crippen molar-refractivity contribution in [1.29, 1.82) is 0 Å². The molecule has 2 atom stereocenters. The highest BCUT2D eigenvalue weighted by atomic mass is 79.9. The first-order chi connectivity index (χ1) is 11.5. The molecule has 1 aromatic heterocycles. The topological polar surface area (TPSA) is 77.7 Å². The van der Waals surface area contributed by atoms with Gasteiger partial charge in [0, 0.05) is 11.5 Å². The smallest absolute Gasteiger partial charge is 0.410 e. The molecule has 0 radical (unpaired) electrons. The van der Waals surface area contributed by atoms with Crippen LogP contribution in [0.4, 0.5) is 4.79 Å².